The summed E-state index contributed by atoms with van der Waals surface area (Å²) in [5.41, 5.74) is 0.498. The van der Waals surface area contributed by atoms with E-state index in [0.717, 1.165) is 5.39 Å². The van der Waals surface area contributed by atoms with Crippen molar-refractivity contribution in [2.24, 2.45) is 0 Å². The minimum Gasteiger partial charge on any atom is -0.465 e. The number of carbonyl (C=O) groups excluding carboxylic acids is 1. The van der Waals surface area contributed by atoms with Gasteiger partial charge in [-0.05, 0) is 24.3 Å². The molecule has 4 nitrogen and oxygen atoms in total. The van der Waals surface area contributed by atoms with Crippen molar-refractivity contribution in [2.75, 3.05) is 7.11 Å². The van der Waals surface area contributed by atoms with Gasteiger partial charge in [0.1, 0.15) is 5.58 Å². The fourth-order valence-electron chi connectivity index (χ4n) is 2.12. The first-order valence-corrected chi connectivity index (χ1v) is 5.74. The summed E-state index contributed by atoms with van der Waals surface area (Å²) in [5.74, 6) is -0.431. The lowest BCUT2D eigenvalue weighted by Gasteiger charge is -2.04. The van der Waals surface area contributed by atoms with Crippen LogP contribution >= 0.6 is 0 Å². The largest absolute Gasteiger partial charge is 0.465 e. The molecule has 94 valence electrons. The molecule has 1 heterocycles. The minimum absolute atomic E-state index is 0.408. The molecular formula is C15H10O4. The summed E-state index contributed by atoms with van der Waals surface area (Å²) < 4.78 is 9.92. The van der Waals surface area contributed by atoms with Crippen LogP contribution in [-0.4, -0.2) is 13.1 Å². The first-order valence-electron chi connectivity index (χ1n) is 5.74. The number of ether oxygens (including phenoxy) is 1. The molecule has 0 radical (unpaired) electrons. The summed E-state index contributed by atoms with van der Waals surface area (Å²) in [5, 5.41) is 1.93. The number of para-hydroxylation sites is 1. The number of benzene rings is 2. The highest BCUT2D eigenvalue weighted by atomic mass is 16.5. The Morgan fingerprint density at radius 2 is 1.84 bits per heavy atom. The van der Waals surface area contributed by atoms with E-state index in [4.69, 9.17) is 4.42 Å². The van der Waals surface area contributed by atoms with Crippen LogP contribution in [-0.2, 0) is 4.74 Å². The molecule has 0 aliphatic heterocycles. The zero-order chi connectivity index (χ0) is 13.4. The van der Waals surface area contributed by atoms with Gasteiger partial charge in [-0.3, -0.25) is 0 Å². The van der Waals surface area contributed by atoms with Crippen molar-refractivity contribution >= 4 is 27.7 Å². The third kappa shape index (κ3) is 1.78. The Morgan fingerprint density at radius 1 is 1.05 bits per heavy atom. The Bertz CT molecular complexity index is 846. The van der Waals surface area contributed by atoms with Gasteiger partial charge >= 0.3 is 11.6 Å². The maximum atomic E-state index is 11.9. The number of hydrogen-bond acceptors (Lipinski definition) is 4. The van der Waals surface area contributed by atoms with E-state index in [2.05, 4.69) is 4.74 Å². The van der Waals surface area contributed by atoms with Crippen molar-refractivity contribution in [2.45, 2.75) is 0 Å². The van der Waals surface area contributed by atoms with Crippen LogP contribution < -0.4 is 5.63 Å². The average Bonchev–Trinajstić information content (AvgIpc) is 2.46. The van der Waals surface area contributed by atoms with E-state index >= 15 is 0 Å². The molecule has 2 aromatic carbocycles. The Morgan fingerprint density at radius 3 is 2.63 bits per heavy atom. The van der Waals surface area contributed by atoms with Crippen molar-refractivity contribution in [1.29, 1.82) is 0 Å². The molecule has 0 amide bonds. The molecule has 0 saturated heterocycles. The Labute approximate surface area is 108 Å². The highest BCUT2D eigenvalue weighted by Gasteiger charge is 2.11. The van der Waals surface area contributed by atoms with Gasteiger partial charge in [0.15, 0.2) is 0 Å². The third-order valence-electron chi connectivity index (χ3n) is 3.04. The molecule has 3 aromatic rings. The van der Waals surface area contributed by atoms with Gasteiger partial charge in [0, 0.05) is 10.8 Å². The van der Waals surface area contributed by atoms with Crippen LogP contribution in [0.2, 0.25) is 0 Å². The number of rotatable bonds is 1. The molecular weight excluding hydrogens is 244 g/mol. The van der Waals surface area contributed by atoms with Gasteiger partial charge in [-0.2, -0.15) is 0 Å². The monoisotopic (exact) mass is 254 g/mol. The van der Waals surface area contributed by atoms with E-state index in [-0.39, 0.29) is 0 Å². The van der Waals surface area contributed by atoms with Crippen LogP contribution in [0.15, 0.2) is 51.7 Å². The molecule has 0 N–H and O–H groups in total. The standard InChI is InChI=1S/C15H10O4/c1-18-14(16)9-6-7-11-12(8-9)10-4-2-3-5-13(10)19-15(11)17/h2-8H,1H3. The predicted octanol–water partition coefficient (Wildman–Crippen LogP) is 2.73. The van der Waals surface area contributed by atoms with E-state index in [1.165, 1.54) is 7.11 Å². The lowest BCUT2D eigenvalue weighted by atomic mass is 10.0. The molecule has 19 heavy (non-hydrogen) atoms. The normalized spacial score (nSPS) is 10.8. The number of esters is 1. The summed E-state index contributed by atoms with van der Waals surface area (Å²) in [6.45, 7) is 0. The Kier molecular flexibility index (Phi) is 2.56. The van der Waals surface area contributed by atoms with Crippen molar-refractivity contribution in [3.05, 3.63) is 58.4 Å². The quantitative estimate of drug-likeness (QED) is 0.380. The minimum atomic E-state index is -0.431. The first-order chi connectivity index (χ1) is 9.20. The highest BCUT2D eigenvalue weighted by molar-refractivity contribution is 6.06. The number of hydrogen-bond donors (Lipinski definition) is 0. The van der Waals surface area contributed by atoms with Crippen LogP contribution in [0, 0.1) is 0 Å². The predicted molar refractivity (Wildman–Crippen MR) is 71.3 cm³/mol. The molecule has 0 fully saturated rings. The summed E-state index contributed by atoms with van der Waals surface area (Å²) in [4.78, 5) is 23.4. The van der Waals surface area contributed by atoms with Gasteiger partial charge in [-0.1, -0.05) is 18.2 Å². The lowest BCUT2D eigenvalue weighted by Crippen LogP contribution is -2.04. The van der Waals surface area contributed by atoms with Crippen LogP contribution in [0.25, 0.3) is 21.7 Å². The van der Waals surface area contributed by atoms with Crippen molar-refractivity contribution in [1.82, 2.24) is 0 Å². The second kappa shape index (κ2) is 4.24. The van der Waals surface area contributed by atoms with Gasteiger partial charge in [-0.25, -0.2) is 9.59 Å². The van der Waals surface area contributed by atoms with Gasteiger partial charge < -0.3 is 9.15 Å². The van der Waals surface area contributed by atoms with Gasteiger partial charge in [0.25, 0.3) is 0 Å². The van der Waals surface area contributed by atoms with E-state index in [9.17, 15) is 9.59 Å². The van der Waals surface area contributed by atoms with Crippen molar-refractivity contribution < 1.29 is 13.9 Å². The van der Waals surface area contributed by atoms with Crippen LogP contribution in [0.4, 0.5) is 0 Å². The fraction of sp³-hybridized carbons (Fsp3) is 0.0667. The number of carbonyl (C=O) groups is 1. The molecule has 0 atom stereocenters. The summed E-state index contributed by atoms with van der Waals surface area (Å²) >= 11 is 0. The summed E-state index contributed by atoms with van der Waals surface area (Å²) in [6.07, 6.45) is 0. The molecule has 0 saturated carbocycles. The zero-order valence-corrected chi connectivity index (χ0v) is 10.2. The van der Waals surface area contributed by atoms with E-state index < -0.39 is 11.6 Å². The summed E-state index contributed by atoms with van der Waals surface area (Å²) in [6, 6.07) is 12.0. The molecule has 0 spiro atoms. The van der Waals surface area contributed by atoms with Crippen LogP contribution in [0.5, 0.6) is 0 Å². The second-order valence-corrected chi connectivity index (χ2v) is 4.14. The first kappa shape index (κ1) is 11.5. The molecule has 0 bridgehead atoms. The topological polar surface area (TPSA) is 56.5 Å². The molecule has 0 aliphatic carbocycles. The molecule has 3 rings (SSSR count). The Balaban J connectivity index is 2.46. The van der Waals surface area contributed by atoms with Crippen molar-refractivity contribution in [3.63, 3.8) is 0 Å². The van der Waals surface area contributed by atoms with Crippen molar-refractivity contribution in [3.8, 4) is 0 Å². The average molecular weight is 254 g/mol. The summed E-state index contributed by atoms with van der Waals surface area (Å²) in [7, 11) is 1.32. The number of methoxy groups -OCH3 is 1. The highest BCUT2D eigenvalue weighted by Crippen LogP contribution is 2.23. The van der Waals surface area contributed by atoms with Gasteiger partial charge in [0.2, 0.25) is 0 Å². The third-order valence-corrected chi connectivity index (χ3v) is 3.04. The fourth-order valence-corrected chi connectivity index (χ4v) is 2.12. The van der Waals surface area contributed by atoms with Gasteiger partial charge in [0.05, 0.1) is 18.1 Å². The lowest BCUT2D eigenvalue weighted by molar-refractivity contribution is 0.0601. The second-order valence-electron chi connectivity index (χ2n) is 4.14. The van der Waals surface area contributed by atoms with E-state index in [1.54, 1.807) is 30.3 Å². The molecule has 4 heteroatoms. The zero-order valence-electron chi connectivity index (χ0n) is 10.2. The van der Waals surface area contributed by atoms with Gasteiger partial charge in [-0.15, -0.1) is 0 Å². The smallest absolute Gasteiger partial charge is 0.344 e. The SMILES string of the molecule is COC(=O)c1ccc2c(=O)oc3ccccc3c2c1. The number of fused-ring (bicyclic) bond motifs is 3. The maximum absolute atomic E-state index is 11.9. The molecule has 1 aromatic heterocycles. The maximum Gasteiger partial charge on any atom is 0.344 e. The Hall–Kier alpha value is -2.62. The van der Waals surface area contributed by atoms with E-state index in [1.807, 2.05) is 12.1 Å². The molecule has 0 aliphatic rings. The molecule has 0 unspecified atom stereocenters. The van der Waals surface area contributed by atoms with Crippen LogP contribution in [0.1, 0.15) is 10.4 Å². The van der Waals surface area contributed by atoms with E-state index in [0.29, 0.717) is 21.9 Å². The van der Waals surface area contributed by atoms with Crippen LogP contribution in [0.3, 0.4) is 0 Å².